The van der Waals surface area contributed by atoms with E-state index in [1.165, 1.54) is 0 Å². The van der Waals surface area contributed by atoms with E-state index in [1.807, 2.05) is 33.8 Å². The first-order valence-electron chi connectivity index (χ1n) is 7.45. The number of hydrogen-bond acceptors (Lipinski definition) is 3. The molecular weight excluding hydrogens is 286 g/mol. The quantitative estimate of drug-likeness (QED) is 0.898. The van der Waals surface area contributed by atoms with Gasteiger partial charge in [-0.25, -0.2) is 13.1 Å². The Bertz CT molecular complexity index is 618. The lowest BCUT2D eigenvalue weighted by Gasteiger charge is -2.29. The molecule has 21 heavy (non-hydrogen) atoms. The molecule has 4 nitrogen and oxygen atoms in total. The van der Waals surface area contributed by atoms with E-state index in [2.05, 4.69) is 4.72 Å². The van der Waals surface area contributed by atoms with Crippen molar-refractivity contribution < 1.29 is 13.5 Å². The Morgan fingerprint density at radius 1 is 1.10 bits per heavy atom. The van der Waals surface area contributed by atoms with Crippen molar-refractivity contribution in [2.45, 2.75) is 63.8 Å². The lowest BCUT2D eigenvalue weighted by atomic mass is 10.0. The Balaban J connectivity index is 2.50. The number of benzene rings is 1. The molecule has 1 saturated carbocycles. The zero-order chi connectivity index (χ0) is 15.8. The Morgan fingerprint density at radius 2 is 1.57 bits per heavy atom. The summed E-state index contributed by atoms with van der Waals surface area (Å²) in [6.07, 6.45) is 3.30. The number of aliphatic hydroxyl groups excluding tert-OH is 1. The zero-order valence-corrected chi connectivity index (χ0v) is 14.1. The van der Waals surface area contributed by atoms with Crippen LogP contribution >= 0.6 is 0 Å². The Hall–Kier alpha value is -0.910. The minimum atomic E-state index is -3.63. The highest BCUT2D eigenvalue weighted by Gasteiger charge is 2.38. The van der Waals surface area contributed by atoms with Gasteiger partial charge in [0.25, 0.3) is 0 Å². The molecule has 0 unspecified atom stereocenters. The monoisotopic (exact) mass is 311 g/mol. The van der Waals surface area contributed by atoms with Gasteiger partial charge >= 0.3 is 0 Å². The van der Waals surface area contributed by atoms with Crippen molar-refractivity contribution in [1.82, 2.24) is 4.72 Å². The van der Waals surface area contributed by atoms with Crippen LogP contribution in [0.25, 0.3) is 0 Å². The molecule has 1 aliphatic carbocycles. The largest absolute Gasteiger partial charge is 0.394 e. The van der Waals surface area contributed by atoms with Crippen LogP contribution in [0.4, 0.5) is 0 Å². The number of aliphatic hydroxyl groups is 1. The van der Waals surface area contributed by atoms with E-state index in [0.717, 1.165) is 35.1 Å². The predicted octanol–water partition coefficient (Wildman–Crippen LogP) is 2.50. The number of rotatable bonds is 4. The van der Waals surface area contributed by atoms with Crippen LogP contribution in [0.1, 0.15) is 47.9 Å². The first kappa shape index (κ1) is 16.5. The van der Waals surface area contributed by atoms with Gasteiger partial charge in [0.1, 0.15) is 0 Å². The highest BCUT2D eigenvalue weighted by molar-refractivity contribution is 7.89. The number of sulfonamides is 1. The molecule has 0 aromatic heterocycles. The molecule has 0 saturated heterocycles. The fourth-order valence-electron chi connectivity index (χ4n) is 3.26. The van der Waals surface area contributed by atoms with Crippen molar-refractivity contribution in [2.24, 2.45) is 0 Å². The Labute approximate surface area is 127 Å². The summed E-state index contributed by atoms with van der Waals surface area (Å²) in [6.45, 7) is 7.40. The lowest BCUT2D eigenvalue weighted by molar-refractivity contribution is 0.185. The van der Waals surface area contributed by atoms with Crippen LogP contribution in [0.15, 0.2) is 11.0 Å². The van der Waals surface area contributed by atoms with Crippen LogP contribution in [0.5, 0.6) is 0 Å². The zero-order valence-electron chi connectivity index (χ0n) is 13.3. The topological polar surface area (TPSA) is 66.4 Å². The molecular formula is C16H25NO3S. The fraction of sp³-hybridized carbons (Fsp3) is 0.625. The highest BCUT2D eigenvalue weighted by atomic mass is 32.2. The van der Waals surface area contributed by atoms with Gasteiger partial charge in [-0.3, -0.25) is 0 Å². The van der Waals surface area contributed by atoms with Gasteiger partial charge in [0.05, 0.1) is 17.0 Å². The Kier molecular flexibility index (Phi) is 4.47. The van der Waals surface area contributed by atoms with Gasteiger partial charge < -0.3 is 5.11 Å². The molecule has 2 N–H and O–H groups in total. The minimum absolute atomic E-state index is 0.144. The third kappa shape index (κ3) is 3.00. The molecule has 1 aromatic rings. The average molecular weight is 311 g/mol. The fourth-order valence-corrected chi connectivity index (χ4v) is 5.33. The predicted molar refractivity (Wildman–Crippen MR) is 84.0 cm³/mol. The smallest absolute Gasteiger partial charge is 0.241 e. The van der Waals surface area contributed by atoms with Gasteiger partial charge in [0, 0.05) is 0 Å². The van der Waals surface area contributed by atoms with Gasteiger partial charge in [-0.15, -0.1) is 0 Å². The molecule has 1 fully saturated rings. The summed E-state index contributed by atoms with van der Waals surface area (Å²) in [5, 5.41) is 9.65. The van der Waals surface area contributed by atoms with E-state index < -0.39 is 15.6 Å². The average Bonchev–Trinajstić information content (AvgIpc) is 2.85. The molecule has 0 atom stereocenters. The van der Waals surface area contributed by atoms with Crippen molar-refractivity contribution in [3.63, 3.8) is 0 Å². The van der Waals surface area contributed by atoms with Crippen molar-refractivity contribution >= 4 is 10.0 Å². The van der Waals surface area contributed by atoms with Gasteiger partial charge in [-0.2, -0.15) is 0 Å². The van der Waals surface area contributed by atoms with Crippen LogP contribution in [0.3, 0.4) is 0 Å². The van der Waals surface area contributed by atoms with Gasteiger partial charge in [-0.1, -0.05) is 18.9 Å². The lowest BCUT2D eigenvalue weighted by Crippen LogP contribution is -2.49. The maximum Gasteiger partial charge on any atom is 0.241 e. The second-order valence-corrected chi connectivity index (χ2v) is 7.96. The first-order chi connectivity index (χ1) is 9.72. The van der Waals surface area contributed by atoms with Crippen LogP contribution in [0.2, 0.25) is 0 Å². The molecule has 0 aliphatic heterocycles. The van der Waals surface area contributed by atoms with Crippen molar-refractivity contribution in [2.75, 3.05) is 6.61 Å². The van der Waals surface area contributed by atoms with E-state index in [4.69, 9.17) is 0 Å². The van der Waals surface area contributed by atoms with Crippen LogP contribution in [-0.2, 0) is 10.0 Å². The third-order valence-electron chi connectivity index (χ3n) is 4.78. The van der Waals surface area contributed by atoms with Crippen LogP contribution in [-0.4, -0.2) is 25.7 Å². The van der Waals surface area contributed by atoms with E-state index in [-0.39, 0.29) is 6.61 Å². The summed E-state index contributed by atoms with van der Waals surface area (Å²) < 4.78 is 28.5. The molecule has 0 amide bonds. The van der Waals surface area contributed by atoms with Crippen LogP contribution in [0, 0.1) is 27.7 Å². The summed E-state index contributed by atoms with van der Waals surface area (Å²) in [4.78, 5) is 0.375. The molecule has 5 heteroatoms. The molecule has 0 bridgehead atoms. The summed E-state index contributed by atoms with van der Waals surface area (Å²) in [5.41, 5.74) is 2.84. The minimum Gasteiger partial charge on any atom is -0.394 e. The van der Waals surface area contributed by atoms with Crippen molar-refractivity contribution in [1.29, 1.82) is 0 Å². The summed E-state index contributed by atoms with van der Waals surface area (Å²) in [7, 11) is -3.63. The normalized spacial score (nSPS) is 18.1. The first-order valence-corrected chi connectivity index (χ1v) is 8.93. The maximum absolute atomic E-state index is 12.9. The molecule has 0 spiro atoms. The maximum atomic E-state index is 12.9. The van der Waals surface area contributed by atoms with Gasteiger partial charge in [0.2, 0.25) is 10.0 Å². The molecule has 0 radical (unpaired) electrons. The van der Waals surface area contributed by atoms with E-state index >= 15 is 0 Å². The van der Waals surface area contributed by atoms with Crippen LogP contribution < -0.4 is 4.72 Å². The second kappa shape index (κ2) is 5.71. The van der Waals surface area contributed by atoms with E-state index in [0.29, 0.717) is 17.7 Å². The molecule has 0 heterocycles. The highest BCUT2D eigenvalue weighted by Crippen LogP contribution is 2.33. The third-order valence-corrected chi connectivity index (χ3v) is 6.63. The van der Waals surface area contributed by atoms with Gasteiger partial charge in [0.15, 0.2) is 0 Å². The molecule has 1 aromatic carbocycles. The summed E-state index contributed by atoms with van der Waals surface area (Å²) in [6, 6.07) is 2.01. The van der Waals surface area contributed by atoms with E-state index in [9.17, 15) is 13.5 Å². The molecule has 2 rings (SSSR count). The van der Waals surface area contributed by atoms with E-state index in [1.54, 1.807) is 0 Å². The SMILES string of the molecule is Cc1cc(C)c(C)c(S(=O)(=O)NC2(CO)CCCC2)c1C. The number of nitrogens with one attached hydrogen (secondary N) is 1. The van der Waals surface area contributed by atoms with Gasteiger partial charge in [-0.05, 0) is 62.8 Å². The molecule has 118 valence electrons. The summed E-state index contributed by atoms with van der Waals surface area (Å²) >= 11 is 0. The Morgan fingerprint density at radius 3 is 2.00 bits per heavy atom. The number of aryl methyl sites for hydroxylation is 2. The summed E-state index contributed by atoms with van der Waals surface area (Å²) in [5.74, 6) is 0. The van der Waals surface area contributed by atoms with Crippen molar-refractivity contribution in [3.05, 3.63) is 28.3 Å². The number of hydrogen-bond donors (Lipinski definition) is 2. The van der Waals surface area contributed by atoms with Crippen molar-refractivity contribution in [3.8, 4) is 0 Å². The molecule has 1 aliphatic rings. The standard InChI is InChI=1S/C16H25NO3S/c1-11-9-12(2)14(4)15(13(11)3)21(19,20)17-16(10-18)7-5-6-8-16/h9,17-18H,5-8,10H2,1-4H3. The second-order valence-electron chi connectivity index (χ2n) is 6.34.